The van der Waals surface area contributed by atoms with Crippen LogP contribution < -0.4 is 0 Å². The van der Waals surface area contributed by atoms with E-state index in [1.165, 1.54) is 6.20 Å². The SMILES string of the molecule is Cc1ncc2c(n1)C(=O)OC2=O. The first-order chi connectivity index (χ1) is 5.68. The second kappa shape index (κ2) is 2.10. The number of rotatable bonds is 0. The van der Waals surface area contributed by atoms with Gasteiger partial charge in [-0.2, -0.15) is 0 Å². The van der Waals surface area contributed by atoms with Crippen LogP contribution in [0.15, 0.2) is 6.20 Å². The summed E-state index contributed by atoms with van der Waals surface area (Å²) in [7, 11) is 0. The topological polar surface area (TPSA) is 69.2 Å². The van der Waals surface area contributed by atoms with E-state index in [1.807, 2.05) is 0 Å². The zero-order valence-corrected chi connectivity index (χ0v) is 6.20. The average molecular weight is 164 g/mol. The molecule has 0 spiro atoms. The van der Waals surface area contributed by atoms with Gasteiger partial charge in [0.15, 0.2) is 5.69 Å². The van der Waals surface area contributed by atoms with Gasteiger partial charge in [-0.25, -0.2) is 19.6 Å². The van der Waals surface area contributed by atoms with Gasteiger partial charge in [-0.3, -0.25) is 0 Å². The maximum Gasteiger partial charge on any atom is 0.365 e. The highest BCUT2D eigenvalue weighted by atomic mass is 16.6. The van der Waals surface area contributed by atoms with Crippen LogP contribution in [0.25, 0.3) is 0 Å². The minimum absolute atomic E-state index is 0.0625. The van der Waals surface area contributed by atoms with E-state index in [0.717, 1.165) is 0 Å². The Kier molecular flexibility index (Phi) is 1.21. The monoisotopic (exact) mass is 164 g/mol. The van der Waals surface area contributed by atoms with Gasteiger partial charge in [-0.1, -0.05) is 0 Å². The standard InChI is InChI=1S/C7H4N2O3/c1-3-8-2-4-5(9-3)7(11)12-6(4)10/h2H,1H3. The lowest BCUT2D eigenvalue weighted by molar-refractivity contribution is 0.0441. The molecule has 0 unspecified atom stereocenters. The van der Waals surface area contributed by atoms with Crippen LogP contribution in [-0.4, -0.2) is 21.9 Å². The lowest BCUT2D eigenvalue weighted by atomic mass is 10.2. The molecule has 2 rings (SSSR count). The molecule has 0 saturated carbocycles. The van der Waals surface area contributed by atoms with Crippen LogP contribution in [0.2, 0.25) is 0 Å². The number of esters is 2. The number of aromatic nitrogens is 2. The van der Waals surface area contributed by atoms with Crippen molar-refractivity contribution in [2.24, 2.45) is 0 Å². The molecule has 0 atom stereocenters. The maximum absolute atomic E-state index is 10.9. The Morgan fingerprint density at radius 2 is 2.08 bits per heavy atom. The maximum atomic E-state index is 10.9. The third-order valence-electron chi connectivity index (χ3n) is 1.51. The summed E-state index contributed by atoms with van der Waals surface area (Å²) in [6.45, 7) is 1.64. The van der Waals surface area contributed by atoms with Crippen molar-refractivity contribution in [3.63, 3.8) is 0 Å². The van der Waals surface area contributed by atoms with Crippen LogP contribution in [0.1, 0.15) is 26.7 Å². The Morgan fingerprint density at radius 1 is 1.33 bits per heavy atom. The quantitative estimate of drug-likeness (QED) is 0.401. The van der Waals surface area contributed by atoms with Gasteiger partial charge < -0.3 is 4.74 Å². The number of cyclic esters (lactones) is 2. The number of nitrogens with zero attached hydrogens (tertiary/aromatic N) is 2. The van der Waals surface area contributed by atoms with Crippen molar-refractivity contribution in [2.45, 2.75) is 6.92 Å². The minimum Gasteiger partial charge on any atom is -0.384 e. The number of carbonyl (C=O) groups excluding carboxylic acids is 2. The first-order valence-corrected chi connectivity index (χ1v) is 3.28. The number of hydrogen-bond donors (Lipinski definition) is 0. The summed E-state index contributed by atoms with van der Waals surface area (Å²) in [6.07, 6.45) is 1.30. The lowest BCUT2D eigenvalue weighted by Crippen LogP contribution is -2.00. The molecule has 0 fully saturated rings. The first kappa shape index (κ1) is 6.90. The molecule has 5 nitrogen and oxygen atoms in total. The van der Waals surface area contributed by atoms with Gasteiger partial charge in [0.2, 0.25) is 0 Å². The Morgan fingerprint density at radius 3 is 2.83 bits per heavy atom. The summed E-state index contributed by atoms with van der Waals surface area (Å²) in [5.41, 5.74) is 0.207. The zero-order valence-electron chi connectivity index (χ0n) is 6.20. The van der Waals surface area contributed by atoms with E-state index in [4.69, 9.17) is 0 Å². The van der Waals surface area contributed by atoms with Gasteiger partial charge in [0, 0.05) is 6.20 Å². The molecular formula is C7H4N2O3. The van der Waals surface area contributed by atoms with Crippen LogP contribution in [0, 0.1) is 6.92 Å². The predicted molar refractivity (Wildman–Crippen MR) is 36.5 cm³/mol. The van der Waals surface area contributed by atoms with Crippen molar-refractivity contribution in [3.8, 4) is 0 Å². The normalized spacial score (nSPS) is 14.4. The second-order valence-electron chi connectivity index (χ2n) is 2.36. The summed E-state index contributed by atoms with van der Waals surface area (Å²) in [5, 5.41) is 0. The first-order valence-electron chi connectivity index (χ1n) is 3.28. The fraction of sp³-hybridized carbons (Fsp3) is 0.143. The van der Waals surface area contributed by atoms with Gasteiger partial charge >= 0.3 is 11.9 Å². The number of aryl methyl sites for hydroxylation is 1. The fourth-order valence-electron chi connectivity index (χ4n) is 0.962. The molecule has 1 aliphatic rings. The van der Waals surface area contributed by atoms with Gasteiger partial charge in [-0.05, 0) is 6.92 Å². The molecule has 60 valence electrons. The van der Waals surface area contributed by atoms with Gasteiger partial charge in [0.25, 0.3) is 0 Å². The van der Waals surface area contributed by atoms with Crippen LogP contribution in [0.5, 0.6) is 0 Å². The van der Waals surface area contributed by atoms with E-state index in [1.54, 1.807) is 6.92 Å². The number of carbonyl (C=O) groups is 2. The summed E-state index contributed by atoms with van der Waals surface area (Å²) in [5.74, 6) is -0.920. The molecule has 2 heterocycles. The summed E-state index contributed by atoms with van der Waals surface area (Å²) < 4.78 is 4.31. The van der Waals surface area contributed by atoms with Crippen molar-refractivity contribution in [3.05, 3.63) is 23.3 Å². The number of hydrogen-bond acceptors (Lipinski definition) is 5. The molecule has 12 heavy (non-hydrogen) atoms. The molecule has 0 radical (unpaired) electrons. The third kappa shape index (κ3) is 0.795. The van der Waals surface area contributed by atoms with Gasteiger partial charge in [0.05, 0.1) is 0 Å². The highest BCUT2D eigenvalue weighted by Gasteiger charge is 2.31. The molecule has 1 aliphatic heterocycles. The van der Waals surface area contributed by atoms with Gasteiger partial charge in [-0.15, -0.1) is 0 Å². The van der Waals surface area contributed by atoms with Crippen LogP contribution in [0.4, 0.5) is 0 Å². The van der Waals surface area contributed by atoms with Crippen LogP contribution in [-0.2, 0) is 4.74 Å². The summed E-state index contributed by atoms with van der Waals surface area (Å²) in [6, 6.07) is 0. The predicted octanol–water partition coefficient (Wildman–Crippen LogP) is 0.0956. The number of ether oxygens (including phenoxy) is 1. The van der Waals surface area contributed by atoms with Crippen LogP contribution in [0.3, 0.4) is 0 Å². The number of fused-ring (bicyclic) bond motifs is 1. The van der Waals surface area contributed by atoms with Crippen molar-refractivity contribution in [2.75, 3.05) is 0 Å². The minimum atomic E-state index is -0.694. The lowest BCUT2D eigenvalue weighted by Gasteiger charge is -1.90. The fourth-order valence-corrected chi connectivity index (χ4v) is 0.962. The van der Waals surface area contributed by atoms with Gasteiger partial charge in [0.1, 0.15) is 11.4 Å². The smallest absolute Gasteiger partial charge is 0.365 e. The highest BCUT2D eigenvalue weighted by Crippen LogP contribution is 2.15. The highest BCUT2D eigenvalue weighted by molar-refractivity contribution is 6.13. The molecule has 5 heteroatoms. The van der Waals surface area contributed by atoms with Crippen molar-refractivity contribution in [1.82, 2.24) is 9.97 Å². The Balaban J connectivity index is 2.68. The van der Waals surface area contributed by atoms with E-state index in [0.29, 0.717) is 5.82 Å². The van der Waals surface area contributed by atoms with E-state index < -0.39 is 11.9 Å². The largest absolute Gasteiger partial charge is 0.384 e. The Labute approximate surface area is 67.4 Å². The zero-order chi connectivity index (χ0) is 8.72. The Bertz CT molecular complexity index is 386. The van der Waals surface area contributed by atoms with E-state index in [2.05, 4.69) is 14.7 Å². The summed E-state index contributed by atoms with van der Waals surface area (Å²) >= 11 is 0. The van der Waals surface area contributed by atoms with E-state index in [-0.39, 0.29) is 11.3 Å². The van der Waals surface area contributed by atoms with Crippen LogP contribution >= 0.6 is 0 Å². The molecule has 0 saturated heterocycles. The molecule has 1 aromatic heterocycles. The molecule has 0 aliphatic carbocycles. The van der Waals surface area contributed by atoms with Crippen molar-refractivity contribution < 1.29 is 14.3 Å². The third-order valence-corrected chi connectivity index (χ3v) is 1.51. The summed E-state index contributed by atoms with van der Waals surface area (Å²) in [4.78, 5) is 29.3. The molecule has 0 N–H and O–H groups in total. The molecule has 0 amide bonds. The molecule has 1 aromatic rings. The van der Waals surface area contributed by atoms with E-state index in [9.17, 15) is 9.59 Å². The molecule has 0 aromatic carbocycles. The second-order valence-corrected chi connectivity index (χ2v) is 2.36. The average Bonchev–Trinajstić information content (AvgIpc) is 2.28. The van der Waals surface area contributed by atoms with Crippen molar-refractivity contribution >= 4 is 11.9 Å². The molecular weight excluding hydrogens is 160 g/mol. The van der Waals surface area contributed by atoms with Crippen molar-refractivity contribution in [1.29, 1.82) is 0 Å². The van der Waals surface area contributed by atoms with E-state index >= 15 is 0 Å². The Hall–Kier alpha value is -1.78. The molecule has 0 bridgehead atoms.